The minimum absolute atomic E-state index is 0.750. The normalized spacial score (nSPS) is 11.1. The molecule has 0 rings (SSSR count). The highest BCUT2D eigenvalue weighted by molar-refractivity contribution is 9.09. The summed E-state index contributed by atoms with van der Waals surface area (Å²) in [6, 6.07) is 0. The van der Waals surface area contributed by atoms with Crippen LogP contribution in [0.15, 0.2) is 0 Å². The Bertz CT molecular complexity index is 159. The minimum Gasteiger partial charge on any atom is -0.379 e. The lowest BCUT2D eigenvalue weighted by atomic mass is 10.1. The average molecular weight is 365 g/mol. The fourth-order valence-electron chi connectivity index (χ4n) is 2.31. The zero-order valence-corrected chi connectivity index (χ0v) is 15.8. The zero-order chi connectivity index (χ0) is 15.4. The summed E-state index contributed by atoms with van der Waals surface area (Å²) in [6.07, 6.45) is 16.1. The van der Waals surface area contributed by atoms with Crippen LogP contribution in [0.2, 0.25) is 0 Å². The van der Waals surface area contributed by atoms with Crippen LogP contribution in [0.25, 0.3) is 0 Å². The molecule has 0 aromatic carbocycles. The lowest BCUT2D eigenvalue weighted by Gasteiger charge is -2.06. The van der Waals surface area contributed by atoms with E-state index in [4.69, 9.17) is 9.47 Å². The van der Waals surface area contributed by atoms with Gasteiger partial charge in [-0.3, -0.25) is 0 Å². The lowest BCUT2D eigenvalue weighted by molar-refractivity contribution is 0.0453. The van der Waals surface area contributed by atoms with E-state index in [9.17, 15) is 0 Å². The van der Waals surface area contributed by atoms with Gasteiger partial charge in [0.15, 0.2) is 0 Å². The fraction of sp³-hybridized carbons (Fsp3) is 1.00. The van der Waals surface area contributed by atoms with Gasteiger partial charge in [0.25, 0.3) is 0 Å². The summed E-state index contributed by atoms with van der Waals surface area (Å²) >= 11 is 3.42. The van der Waals surface area contributed by atoms with E-state index in [0.717, 1.165) is 38.2 Å². The van der Waals surface area contributed by atoms with Crippen LogP contribution < -0.4 is 0 Å². The molecule has 0 radical (unpaired) electrons. The Hall–Kier alpha value is 0.400. The van der Waals surface area contributed by atoms with Crippen molar-refractivity contribution < 1.29 is 9.47 Å². The predicted octanol–water partition coefficient (Wildman–Crippen LogP) is 6.12. The van der Waals surface area contributed by atoms with Gasteiger partial charge in [0.2, 0.25) is 0 Å². The van der Waals surface area contributed by atoms with E-state index >= 15 is 0 Å². The first-order valence-corrected chi connectivity index (χ1v) is 10.3. The summed E-state index contributed by atoms with van der Waals surface area (Å²) in [5.41, 5.74) is 0. The first-order chi connectivity index (χ1) is 10.4. The smallest absolute Gasteiger partial charge is 0.0700 e. The second-order valence-electron chi connectivity index (χ2n) is 5.80. The Balaban J connectivity index is 2.90. The van der Waals surface area contributed by atoms with E-state index < -0.39 is 0 Å². The molecule has 3 heteroatoms. The maximum absolute atomic E-state index is 5.58. The van der Waals surface area contributed by atoms with Crippen LogP contribution in [0.1, 0.15) is 84.0 Å². The van der Waals surface area contributed by atoms with Crippen LogP contribution in [-0.2, 0) is 9.47 Å². The molecule has 0 aromatic heterocycles. The molecule has 0 unspecified atom stereocenters. The largest absolute Gasteiger partial charge is 0.379 e. The molecule has 0 bridgehead atoms. The van der Waals surface area contributed by atoms with Crippen LogP contribution in [0.5, 0.6) is 0 Å². The second kappa shape index (κ2) is 20.4. The Morgan fingerprint density at radius 1 is 0.524 bits per heavy atom. The van der Waals surface area contributed by atoms with Gasteiger partial charge < -0.3 is 9.47 Å². The van der Waals surface area contributed by atoms with Crippen molar-refractivity contribution in [1.82, 2.24) is 0 Å². The van der Waals surface area contributed by atoms with Gasteiger partial charge in [0, 0.05) is 18.5 Å². The number of hydrogen-bond donors (Lipinski definition) is 0. The van der Waals surface area contributed by atoms with Crippen molar-refractivity contribution in [2.45, 2.75) is 84.0 Å². The van der Waals surface area contributed by atoms with Gasteiger partial charge >= 0.3 is 0 Å². The molecular weight excluding hydrogens is 328 g/mol. The zero-order valence-electron chi connectivity index (χ0n) is 14.2. The number of ether oxygens (including phenoxy) is 2. The van der Waals surface area contributed by atoms with Crippen molar-refractivity contribution in [2.75, 3.05) is 31.8 Å². The maximum atomic E-state index is 5.58. The van der Waals surface area contributed by atoms with Gasteiger partial charge in [-0.15, -0.1) is 0 Å². The Morgan fingerprint density at radius 2 is 0.952 bits per heavy atom. The molecule has 128 valence electrons. The number of unbranched alkanes of at least 4 members (excludes halogenated alkanes) is 10. The van der Waals surface area contributed by atoms with Crippen LogP contribution in [0, 0.1) is 0 Å². The number of rotatable bonds is 18. The van der Waals surface area contributed by atoms with Gasteiger partial charge in [-0.2, -0.15) is 0 Å². The summed E-state index contributed by atoms with van der Waals surface area (Å²) < 4.78 is 11.1. The van der Waals surface area contributed by atoms with Crippen LogP contribution >= 0.6 is 15.9 Å². The molecule has 2 nitrogen and oxygen atoms in total. The highest BCUT2D eigenvalue weighted by Gasteiger charge is 1.94. The Morgan fingerprint density at radius 3 is 1.43 bits per heavy atom. The van der Waals surface area contributed by atoms with Crippen molar-refractivity contribution in [3.63, 3.8) is 0 Å². The van der Waals surface area contributed by atoms with Crippen molar-refractivity contribution >= 4 is 15.9 Å². The number of halogens is 1. The third kappa shape index (κ3) is 20.4. The monoisotopic (exact) mass is 364 g/mol. The van der Waals surface area contributed by atoms with E-state index in [2.05, 4.69) is 22.9 Å². The van der Waals surface area contributed by atoms with Gasteiger partial charge in [0.05, 0.1) is 13.2 Å². The molecule has 0 aliphatic rings. The minimum atomic E-state index is 0.750. The molecule has 0 N–H and O–H groups in total. The van der Waals surface area contributed by atoms with Crippen molar-refractivity contribution in [3.8, 4) is 0 Å². The van der Waals surface area contributed by atoms with Gasteiger partial charge in [-0.1, -0.05) is 80.6 Å². The lowest BCUT2D eigenvalue weighted by Crippen LogP contribution is -2.06. The highest BCUT2D eigenvalue weighted by atomic mass is 79.9. The average Bonchev–Trinajstić information content (AvgIpc) is 2.50. The molecule has 0 atom stereocenters. The topological polar surface area (TPSA) is 18.5 Å². The summed E-state index contributed by atoms with van der Waals surface area (Å²) in [6.45, 7) is 5.55. The van der Waals surface area contributed by atoms with Gasteiger partial charge in [0.1, 0.15) is 0 Å². The molecule has 0 saturated heterocycles. The van der Waals surface area contributed by atoms with E-state index in [1.165, 1.54) is 70.6 Å². The molecule has 0 saturated carbocycles. The molecule has 0 aromatic rings. The summed E-state index contributed by atoms with van der Waals surface area (Å²) in [7, 11) is 0. The molecule has 0 amide bonds. The summed E-state index contributed by atoms with van der Waals surface area (Å²) in [5, 5.41) is 1.08. The molecule has 0 aliphatic carbocycles. The first-order valence-electron chi connectivity index (χ1n) is 9.13. The standard InChI is InChI=1S/C18H37BrO2/c1-2-3-4-5-6-7-8-9-10-12-15-20-17-18-21-16-13-11-14-19/h2-18H2,1H3. The molecule has 0 aliphatic heterocycles. The summed E-state index contributed by atoms with van der Waals surface area (Å²) in [4.78, 5) is 0. The Kier molecular flexibility index (Phi) is 20.8. The molecule has 0 spiro atoms. The highest BCUT2D eigenvalue weighted by Crippen LogP contribution is 2.10. The first kappa shape index (κ1) is 21.4. The molecular formula is C18H37BrO2. The van der Waals surface area contributed by atoms with E-state index in [0.29, 0.717) is 0 Å². The third-order valence-electron chi connectivity index (χ3n) is 3.69. The van der Waals surface area contributed by atoms with E-state index in [-0.39, 0.29) is 0 Å². The van der Waals surface area contributed by atoms with Gasteiger partial charge in [-0.25, -0.2) is 0 Å². The van der Waals surface area contributed by atoms with Gasteiger partial charge in [-0.05, 0) is 19.3 Å². The van der Waals surface area contributed by atoms with Crippen molar-refractivity contribution in [3.05, 3.63) is 0 Å². The molecule has 21 heavy (non-hydrogen) atoms. The predicted molar refractivity (Wildman–Crippen MR) is 96.5 cm³/mol. The fourth-order valence-corrected chi connectivity index (χ4v) is 2.71. The second-order valence-corrected chi connectivity index (χ2v) is 6.60. The van der Waals surface area contributed by atoms with Crippen molar-refractivity contribution in [2.24, 2.45) is 0 Å². The maximum Gasteiger partial charge on any atom is 0.0700 e. The quantitative estimate of drug-likeness (QED) is 0.215. The SMILES string of the molecule is CCCCCCCCCCCCOCCOCCCCBr. The Labute approximate surface area is 141 Å². The number of hydrogen-bond acceptors (Lipinski definition) is 2. The van der Waals surface area contributed by atoms with Crippen LogP contribution in [-0.4, -0.2) is 31.8 Å². The van der Waals surface area contributed by atoms with Crippen molar-refractivity contribution in [1.29, 1.82) is 0 Å². The third-order valence-corrected chi connectivity index (χ3v) is 4.25. The molecule has 0 heterocycles. The van der Waals surface area contributed by atoms with E-state index in [1.807, 2.05) is 0 Å². The van der Waals surface area contributed by atoms with E-state index in [1.54, 1.807) is 0 Å². The number of alkyl halides is 1. The molecule has 0 fully saturated rings. The van der Waals surface area contributed by atoms with Crippen LogP contribution in [0.4, 0.5) is 0 Å². The van der Waals surface area contributed by atoms with Crippen LogP contribution in [0.3, 0.4) is 0 Å². The summed E-state index contributed by atoms with van der Waals surface area (Å²) in [5.74, 6) is 0.